The zero-order valence-corrected chi connectivity index (χ0v) is 11.3. The minimum atomic E-state index is -4.08. The van der Waals surface area contributed by atoms with E-state index in [2.05, 4.69) is 0 Å². The van der Waals surface area contributed by atoms with Crippen molar-refractivity contribution in [3.8, 4) is 0 Å². The second-order valence-corrected chi connectivity index (χ2v) is 5.56. The standard InChI is InChI=1S/C12H15ClF3NS/c13-9-3-5-11(6-4-9)18-8-10(17)2-1-7-12(14,15)16/h3-6,10H,1-2,7-8,17H2. The molecule has 102 valence electrons. The predicted octanol–water partition coefficient (Wildman–Crippen LogP) is 4.49. The highest BCUT2D eigenvalue weighted by molar-refractivity contribution is 7.99. The van der Waals surface area contributed by atoms with Crippen LogP contribution in [0.25, 0.3) is 0 Å². The smallest absolute Gasteiger partial charge is 0.327 e. The molecule has 0 fully saturated rings. The topological polar surface area (TPSA) is 26.0 Å². The first kappa shape index (κ1) is 15.7. The zero-order valence-electron chi connectivity index (χ0n) is 9.71. The lowest BCUT2D eigenvalue weighted by Gasteiger charge is -2.12. The van der Waals surface area contributed by atoms with E-state index >= 15 is 0 Å². The van der Waals surface area contributed by atoms with E-state index in [4.69, 9.17) is 17.3 Å². The number of benzene rings is 1. The van der Waals surface area contributed by atoms with Crippen molar-refractivity contribution >= 4 is 23.4 Å². The Balaban J connectivity index is 2.21. The van der Waals surface area contributed by atoms with Crippen molar-refractivity contribution in [1.82, 2.24) is 0 Å². The Morgan fingerprint density at radius 3 is 2.39 bits per heavy atom. The lowest BCUT2D eigenvalue weighted by molar-refractivity contribution is -0.135. The van der Waals surface area contributed by atoms with Crippen LogP contribution < -0.4 is 5.73 Å². The molecule has 18 heavy (non-hydrogen) atoms. The molecule has 1 atom stereocenters. The number of thioether (sulfide) groups is 1. The van der Waals surface area contributed by atoms with Gasteiger partial charge in [-0.05, 0) is 37.1 Å². The molecule has 2 N–H and O–H groups in total. The average molecular weight is 298 g/mol. The summed E-state index contributed by atoms with van der Waals surface area (Å²) in [6, 6.07) is 7.08. The second-order valence-electron chi connectivity index (χ2n) is 4.03. The lowest BCUT2D eigenvalue weighted by Crippen LogP contribution is -2.23. The Morgan fingerprint density at radius 1 is 1.22 bits per heavy atom. The van der Waals surface area contributed by atoms with Crippen molar-refractivity contribution < 1.29 is 13.2 Å². The van der Waals surface area contributed by atoms with Gasteiger partial charge in [0.25, 0.3) is 0 Å². The molecule has 1 rings (SSSR count). The molecule has 0 aliphatic rings. The Hall–Kier alpha value is -0.390. The second kappa shape index (κ2) is 7.26. The normalized spacial score (nSPS) is 13.6. The predicted molar refractivity (Wildman–Crippen MR) is 70.1 cm³/mol. The number of nitrogens with two attached hydrogens (primary N) is 1. The monoisotopic (exact) mass is 297 g/mol. The van der Waals surface area contributed by atoms with Crippen LogP contribution in [0.1, 0.15) is 19.3 Å². The van der Waals surface area contributed by atoms with Crippen LogP contribution in [-0.2, 0) is 0 Å². The Morgan fingerprint density at radius 2 is 1.83 bits per heavy atom. The third-order valence-corrected chi connectivity index (χ3v) is 3.77. The highest BCUT2D eigenvalue weighted by Crippen LogP contribution is 2.24. The molecular formula is C12H15ClF3NS. The minimum absolute atomic E-state index is 0.0891. The molecule has 0 saturated carbocycles. The number of halogens is 4. The largest absolute Gasteiger partial charge is 0.389 e. The first-order valence-corrected chi connectivity index (χ1v) is 6.94. The zero-order chi connectivity index (χ0) is 13.6. The summed E-state index contributed by atoms with van der Waals surface area (Å²) in [7, 11) is 0. The van der Waals surface area contributed by atoms with Gasteiger partial charge < -0.3 is 5.73 Å². The van der Waals surface area contributed by atoms with E-state index in [-0.39, 0.29) is 12.5 Å². The maximum atomic E-state index is 11.9. The van der Waals surface area contributed by atoms with Crippen molar-refractivity contribution in [2.24, 2.45) is 5.73 Å². The number of hydrogen-bond acceptors (Lipinski definition) is 2. The quantitative estimate of drug-likeness (QED) is 0.783. The van der Waals surface area contributed by atoms with Crippen LogP contribution in [-0.4, -0.2) is 18.0 Å². The number of hydrogen-bond donors (Lipinski definition) is 1. The van der Waals surface area contributed by atoms with Gasteiger partial charge in [0.2, 0.25) is 0 Å². The Bertz CT molecular complexity index is 353. The van der Waals surface area contributed by atoms with Crippen LogP contribution in [0.5, 0.6) is 0 Å². The van der Waals surface area contributed by atoms with E-state index in [1.54, 1.807) is 12.1 Å². The van der Waals surface area contributed by atoms with Crippen molar-refractivity contribution in [3.63, 3.8) is 0 Å². The summed E-state index contributed by atoms with van der Waals surface area (Å²) < 4.78 is 35.8. The number of alkyl halides is 3. The van der Waals surface area contributed by atoms with Crippen LogP contribution in [0, 0.1) is 0 Å². The van der Waals surface area contributed by atoms with Crippen LogP contribution >= 0.6 is 23.4 Å². The van der Waals surface area contributed by atoms with E-state index in [0.29, 0.717) is 17.2 Å². The van der Waals surface area contributed by atoms with Crippen molar-refractivity contribution in [3.05, 3.63) is 29.3 Å². The molecule has 0 aromatic heterocycles. The molecule has 0 amide bonds. The third kappa shape index (κ3) is 7.13. The van der Waals surface area contributed by atoms with Gasteiger partial charge in [-0.15, -0.1) is 11.8 Å². The molecule has 0 bridgehead atoms. The molecule has 0 aliphatic carbocycles. The molecule has 1 aromatic carbocycles. The van der Waals surface area contributed by atoms with Crippen LogP contribution in [0.2, 0.25) is 5.02 Å². The van der Waals surface area contributed by atoms with Crippen molar-refractivity contribution in [1.29, 1.82) is 0 Å². The van der Waals surface area contributed by atoms with E-state index in [0.717, 1.165) is 4.90 Å². The fourth-order valence-corrected chi connectivity index (χ4v) is 2.41. The van der Waals surface area contributed by atoms with E-state index in [1.165, 1.54) is 11.8 Å². The summed E-state index contributed by atoms with van der Waals surface area (Å²) in [5, 5.41) is 0.661. The van der Waals surface area contributed by atoms with Gasteiger partial charge >= 0.3 is 6.18 Å². The van der Waals surface area contributed by atoms with Gasteiger partial charge in [0.1, 0.15) is 0 Å². The Labute approximate surface area is 114 Å². The summed E-state index contributed by atoms with van der Waals surface area (Å²) >= 11 is 7.28. The maximum absolute atomic E-state index is 11.9. The molecule has 1 aromatic rings. The van der Waals surface area contributed by atoms with Gasteiger partial charge in [-0.25, -0.2) is 0 Å². The van der Waals surface area contributed by atoms with Gasteiger partial charge in [-0.1, -0.05) is 11.6 Å². The highest BCUT2D eigenvalue weighted by atomic mass is 35.5. The maximum Gasteiger partial charge on any atom is 0.389 e. The van der Waals surface area contributed by atoms with Gasteiger partial charge in [-0.3, -0.25) is 0 Å². The molecule has 0 aliphatic heterocycles. The Kier molecular flexibility index (Phi) is 6.32. The molecule has 0 heterocycles. The fraction of sp³-hybridized carbons (Fsp3) is 0.500. The molecular weight excluding hydrogens is 283 g/mol. The first-order valence-electron chi connectivity index (χ1n) is 5.57. The van der Waals surface area contributed by atoms with E-state index < -0.39 is 12.6 Å². The number of rotatable bonds is 6. The van der Waals surface area contributed by atoms with Gasteiger partial charge in [0.15, 0.2) is 0 Å². The van der Waals surface area contributed by atoms with Crippen LogP contribution in [0.4, 0.5) is 13.2 Å². The minimum Gasteiger partial charge on any atom is -0.327 e. The molecule has 1 nitrogen and oxygen atoms in total. The summed E-state index contributed by atoms with van der Waals surface area (Å²) in [6.45, 7) is 0. The van der Waals surface area contributed by atoms with Gasteiger partial charge in [0, 0.05) is 28.1 Å². The van der Waals surface area contributed by atoms with Gasteiger partial charge in [-0.2, -0.15) is 13.2 Å². The van der Waals surface area contributed by atoms with Gasteiger partial charge in [0.05, 0.1) is 0 Å². The van der Waals surface area contributed by atoms with Crippen LogP contribution in [0.3, 0.4) is 0 Å². The highest BCUT2D eigenvalue weighted by Gasteiger charge is 2.26. The van der Waals surface area contributed by atoms with Crippen molar-refractivity contribution in [2.75, 3.05) is 5.75 Å². The fourth-order valence-electron chi connectivity index (χ4n) is 1.38. The van der Waals surface area contributed by atoms with E-state index in [9.17, 15) is 13.2 Å². The summed E-state index contributed by atoms with van der Waals surface area (Å²) in [5.41, 5.74) is 5.77. The van der Waals surface area contributed by atoms with Crippen molar-refractivity contribution in [2.45, 2.75) is 36.4 Å². The first-order chi connectivity index (χ1) is 8.37. The summed E-state index contributed by atoms with van der Waals surface area (Å²) in [4.78, 5) is 1.02. The summed E-state index contributed by atoms with van der Waals surface area (Å²) in [5.74, 6) is 0.611. The molecule has 1 unspecified atom stereocenters. The third-order valence-electron chi connectivity index (χ3n) is 2.31. The molecule has 0 spiro atoms. The lowest BCUT2D eigenvalue weighted by atomic mass is 10.1. The molecule has 0 radical (unpaired) electrons. The molecule has 0 saturated heterocycles. The average Bonchev–Trinajstić information content (AvgIpc) is 2.26. The summed E-state index contributed by atoms with van der Waals surface area (Å²) in [6.07, 6.45) is -4.36. The SMILES string of the molecule is NC(CCCC(F)(F)F)CSc1ccc(Cl)cc1. The van der Waals surface area contributed by atoms with Crippen LogP contribution in [0.15, 0.2) is 29.2 Å². The molecule has 6 heteroatoms. The van der Waals surface area contributed by atoms with E-state index in [1.807, 2.05) is 12.1 Å².